The molecule has 1 heterocycles. The third-order valence-corrected chi connectivity index (χ3v) is 3.89. The van der Waals surface area contributed by atoms with Gasteiger partial charge in [0.2, 0.25) is 0 Å². The molecule has 4 nitrogen and oxygen atoms in total. The zero-order valence-corrected chi connectivity index (χ0v) is 12.7. The Kier molecular flexibility index (Phi) is 3.24. The number of anilines is 1. The number of benzene rings is 3. The first kappa shape index (κ1) is 13.8. The molecular weight excluding hydrogens is 312 g/mol. The second kappa shape index (κ2) is 5.41. The van der Waals surface area contributed by atoms with Crippen LogP contribution in [0.4, 0.5) is 5.69 Å². The molecule has 0 radical (unpaired) electrons. The Morgan fingerprint density at radius 1 is 1.00 bits per heavy atom. The Bertz CT molecular complexity index is 1040. The van der Waals surface area contributed by atoms with Crippen molar-refractivity contribution in [3.05, 3.63) is 71.4 Å². The lowest BCUT2D eigenvalue weighted by molar-refractivity contribution is 0.102. The minimum absolute atomic E-state index is 0.241. The van der Waals surface area contributed by atoms with Crippen LogP contribution in [0.25, 0.3) is 21.7 Å². The van der Waals surface area contributed by atoms with E-state index in [4.69, 9.17) is 16.1 Å². The fraction of sp³-hybridized carbons (Fsp3) is 0. The molecule has 3 aromatic carbocycles. The Morgan fingerprint density at radius 3 is 2.70 bits per heavy atom. The maximum Gasteiger partial charge on any atom is 0.278 e. The summed E-state index contributed by atoms with van der Waals surface area (Å²) in [5, 5.41) is 10.0. The van der Waals surface area contributed by atoms with Crippen LogP contribution < -0.4 is 5.32 Å². The standard InChI is InChI=1S/C18H11ClN2O2/c19-13-6-8-15-16(10-13)23-21-17(15)18(22)20-14-7-5-11-3-1-2-4-12(11)9-14/h1-10H,(H,20,22). The van der Waals surface area contributed by atoms with Gasteiger partial charge < -0.3 is 9.84 Å². The summed E-state index contributed by atoms with van der Waals surface area (Å²) in [5.74, 6) is -0.318. The zero-order chi connectivity index (χ0) is 15.8. The highest BCUT2D eigenvalue weighted by molar-refractivity contribution is 6.31. The summed E-state index contributed by atoms with van der Waals surface area (Å²) < 4.78 is 5.16. The van der Waals surface area contributed by atoms with Gasteiger partial charge in [-0.05, 0) is 35.0 Å². The molecule has 1 amide bonds. The molecule has 0 saturated carbocycles. The minimum atomic E-state index is -0.318. The van der Waals surface area contributed by atoms with Crippen LogP contribution in [0.3, 0.4) is 0 Å². The van der Waals surface area contributed by atoms with Crippen molar-refractivity contribution in [3.63, 3.8) is 0 Å². The number of rotatable bonds is 2. The molecular formula is C18H11ClN2O2. The maximum atomic E-state index is 12.4. The van der Waals surface area contributed by atoms with E-state index >= 15 is 0 Å². The van der Waals surface area contributed by atoms with Crippen LogP contribution in [0.1, 0.15) is 10.5 Å². The lowest BCUT2D eigenvalue weighted by atomic mass is 10.1. The Balaban J connectivity index is 1.67. The van der Waals surface area contributed by atoms with Gasteiger partial charge in [0.1, 0.15) is 0 Å². The Labute approximate surface area is 136 Å². The highest BCUT2D eigenvalue weighted by Crippen LogP contribution is 2.24. The predicted octanol–water partition coefficient (Wildman–Crippen LogP) is 4.89. The third-order valence-electron chi connectivity index (χ3n) is 3.66. The van der Waals surface area contributed by atoms with E-state index in [0.29, 0.717) is 21.7 Å². The van der Waals surface area contributed by atoms with Crippen molar-refractivity contribution in [1.29, 1.82) is 0 Å². The van der Waals surface area contributed by atoms with E-state index in [0.717, 1.165) is 10.8 Å². The molecule has 112 valence electrons. The number of nitrogens with one attached hydrogen (secondary N) is 1. The molecule has 0 fully saturated rings. The molecule has 5 heteroatoms. The smallest absolute Gasteiger partial charge is 0.278 e. The van der Waals surface area contributed by atoms with Gasteiger partial charge in [-0.1, -0.05) is 47.1 Å². The number of hydrogen-bond acceptors (Lipinski definition) is 3. The number of carbonyl (C=O) groups excluding carboxylic acids is 1. The highest BCUT2D eigenvalue weighted by atomic mass is 35.5. The second-order valence-corrected chi connectivity index (χ2v) is 5.62. The van der Waals surface area contributed by atoms with Crippen molar-refractivity contribution < 1.29 is 9.32 Å². The predicted molar refractivity (Wildman–Crippen MR) is 90.9 cm³/mol. The fourth-order valence-electron chi connectivity index (χ4n) is 2.53. The summed E-state index contributed by atoms with van der Waals surface area (Å²) in [6, 6.07) is 18.8. The maximum absolute atomic E-state index is 12.4. The molecule has 0 aliphatic carbocycles. The lowest BCUT2D eigenvalue weighted by Crippen LogP contribution is -2.12. The van der Waals surface area contributed by atoms with Crippen molar-refractivity contribution in [3.8, 4) is 0 Å². The molecule has 0 aliphatic rings. The highest BCUT2D eigenvalue weighted by Gasteiger charge is 2.16. The summed E-state index contributed by atoms with van der Waals surface area (Å²) in [4.78, 5) is 12.4. The summed E-state index contributed by atoms with van der Waals surface area (Å²) in [6.45, 7) is 0. The van der Waals surface area contributed by atoms with Crippen molar-refractivity contribution in [2.24, 2.45) is 0 Å². The van der Waals surface area contributed by atoms with Gasteiger partial charge in [0.05, 0.1) is 5.39 Å². The number of fused-ring (bicyclic) bond motifs is 2. The fourth-order valence-corrected chi connectivity index (χ4v) is 2.69. The van der Waals surface area contributed by atoms with Gasteiger partial charge in [-0.3, -0.25) is 4.79 Å². The van der Waals surface area contributed by atoms with Crippen LogP contribution in [0.5, 0.6) is 0 Å². The van der Waals surface area contributed by atoms with Gasteiger partial charge in [-0.2, -0.15) is 0 Å². The molecule has 0 aliphatic heterocycles. The van der Waals surface area contributed by atoms with Crippen molar-refractivity contribution in [2.75, 3.05) is 5.32 Å². The normalized spacial score (nSPS) is 11.0. The molecule has 0 unspecified atom stereocenters. The number of hydrogen-bond donors (Lipinski definition) is 1. The van der Waals surface area contributed by atoms with Crippen LogP contribution in [0.15, 0.2) is 65.2 Å². The SMILES string of the molecule is O=C(Nc1ccc2ccccc2c1)c1noc2cc(Cl)ccc12. The van der Waals surface area contributed by atoms with Crippen molar-refractivity contribution in [2.45, 2.75) is 0 Å². The first-order valence-corrected chi connectivity index (χ1v) is 7.43. The molecule has 0 saturated heterocycles. The molecule has 0 atom stereocenters. The van der Waals surface area contributed by atoms with E-state index in [1.165, 1.54) is 0 Å². The first-order valence-electron chi connectivity index (χ1n) is 7.06. The second-order valence-electron chi connectivity index (χ2n) is 5.19. The van der Waals surface area contributed by atoms with E-state index in [9.17, 15) is 4.79 Å². The van der Waals surface area contributed by atoms with Crippen molar-refractivity contribution in [1.82, 2.24) is 5.16 Å². The van der Waals surface area contributed by atoms with E-state index in [1.54, 1.807) is 18.2 Å². The van der Waals surface area contributed by atoms with E-state index in [2.05, 4.69) is 10.5 Å². The summed E-state index contributed by atoms with van der Waals surface area (Å²) in [7, 11) is 0. The summed E-state index contributed by atoms with van der Waals surface area (Å²) in [5.41, 5.74) is 1.44. The molecule has 0 bridgehead atoms. The van der Waals surface area contributed by atoms with Crippen molar-refractivity contribution >= 4 is 44.9 Å². The molecule has 1 N–H and O–H groups in total. The number of carbonyl (C=O) groups is 1. The van der Waals surface area contributed by atoms with Gasteiger partial charge >= 0.3 is 0 Å². The quantitative estimate of drug-likeness (QED) is 0.572. The van der Waals surface area contributed by atoms with Crippen LogP contribution >= 0.6 is 11.6 Å². The van der Waals surface area contributed by atoms with E-state index in [1.807, 2.05) is 42.5 Å². The van der Waals surface area contributed by atoms with Gasteiger partial charge in [-0.25, -0.2) is 0 Å². The van der Waals surface area contributed by atoms with Gasteiger partial charge in [0.25, 0.3) is 5.91 Å². The zero-order valence-electron chi connectivity index (χ0n) is 11.9. The first-order chi connectivity index (χ1) is 11.2. The monoisotopic (exact) mass is 322 g/mol. The minimum Gasteiger partial charge on any atom is -0.355 e. The average Bonchev–Trinajstić information content (AvgIpc) is 2.97. The molecule has 0 spiro atoms. The number of aromatic nitrogens is 1. The topological polar surface area (TPSA) is 55.1 Å². The Morgan fingerprint density at radius 2 is 1.83 bits per heavy atom. The van der Waals surface area contributed by atoms with Crippen LogP contribution in [-0.4, -0.2) is 11.1 Å². The Hall–Kier alpha value is -2.85. The van der Waals surface area contributed by atoms with E-state index in [-0.39, 0.29) is 11.6 Å². The summed E-state index contributed by atoms with van der Waals surface area (Å²) >= 11 is 5.90. The van der Waals surface area contributed by atoms with Crippen LogP contribution in [0, 0.1) is 0 Å². The average molecular weight is 323 g/mol. The largest absolute Gasteiger partial charge is 0.355 e. The van der Waals surface area contributed by atoms with Gasteiger partial charge in [0.15, 0.2) is 11.3 Å². The number of amides is 1. The van der Waals surface area contributed by atoms with Gasteiger partial charge in [0, 0.05) is 16.8 Å². The van der Waals surface area contributed by atoms with Gasteiger partial charge in [-0.15, -0.1) is 0 Å². The molecule has 1 aromatic heterocycles. The van der Waals surface area contributed by atoms with Crippen LogP contribution in [0.2, 0.25) is 5.02 Å². The van der Waals surface area contributed by atoms with Crippen LogP contribution in [-0.2, 0) is 0 Å². The van der Waals surface area contributed by atoms with E-state index < -0.39 is 0 Å². The molecule has 4 rings (SSSR count). The number of halogens is 1. The molecule has 4 aromatic rings. The number of nitrogens with zero attached hydrogens (tertiary/aromatic N) is 1. The summed E-state index contributed by atoms with van der Waals surface area (Å²) in [6.07, 6.45) is 0. The lowest BCUT2D eigenvalue weighted by Gasteiger charge is -2.05. The third kappa shape index (κ3) is 2.53. The molecule has 23 heavy (non-hydrogen) atoms.